The van der Waals surface area contributed by atoms with Crippen molar-refractivity contribution in [2.45, 2.75) is 121 Å². The molecule has 290 valence electrons. The van der Waals surface area contributed by atoms with Crippen molar-refractivity contribution in [3.05, 3.63) is 64.7 Å². The number of carbonyl (C=O) groups excluding carboxylic acids is 2. The number of benzene rings is 2. The second-order valence-corrected chi connectivity index (χ2v) is 18.4. The third-order valence-corrected chi connectivity index (χ3v) is 12.7. The summed E-state index contributed by atoms with van der Waals surface area (Å²) in [7, 11) is -4.33. The van der Waals surface area contributed by atoms with E-state index in [-0.39, 0.29) is 59.6 Å². The molecule has 2 aromatic carbocycles. The first-order valence-electron chi connectivity index (χ1n) is 18.3. The number of nitrogens with one attached hydrogen (secondary N) is 2. The van der Waals surface area contributed by atoms with Gasteiger partial charge in [-0.25, -0.2) is 22.9 Å². The molecule has 15 heteroatoms. The van der Waals surface area contributed by atoms with E-state index in [1.807, 2.05) is 32.0 Å². The maximum Gasteiger partial charge on any atom is 0.407 e. The lowest BCUT2D eigenvalue weighted by molar-refractivity contribution is -0.194. The Balaban J connectivity index is 1.27. The number of ether oxygens (including phenoxy) is 2. The lowest BCUT2D eigenvalue weighted by Crippen LogP contribution is -2.64. The van der Waals surface area contributed by atoms with Gasteiger partial charge < -0.3 is 19.7 Å². The number of aryl methyl sites for hydroxylation is 2. The number of sulfonamides is 1. The summed E-state index contributed by atoms with van der Waals surface area (Å²) in [6, 6.07) is 9.58. The largest absolute Gasteiger partial charge is 0.475 e. The predicted octanol–water partition coefficient (Wildman–Crippen LogP) is 7.64. The predicted molar refractivity (Wildman–Crippen MR) is 195 cm³/mol. The van der Waals surface area contributed by atoms with Crippen molar-refractivity contribution in [1.82, 2.24) is 20.2 Å². The average Bonchev–Trinajstić information content (AvgIpc) is 3.82. The van der Waals surface area contributed by atoms with Crippen molar-refractivity contribution in [1.29, 1.82) is 0 Å². The number of alkyl carbamates (subject to hydrolysis) is 1. The van der Waals surface area contributed by atoms with Gasteiger partial charge in [-0.15, -0.1) is 0 Å². The van der Waals surface area contributed by atoms with Crippen molar-refractivity contribution >= 4 is 28.0 Å². The van der Waals surface area contributed by atoms with Crippen LogP contribution in [-0.4, -0.2) is 71.8 Å². The molecule has 0 saturated heterocycles. The fraction of sp³-hybridized carbons (Fsp3) is 0.538. The molecule has 11 nitrogen and oxygen atoms in total. The van der Waals surface area contributed by atoms with Gasteiger partial charge in [-0.05, 0) is 121 Å². The summed E-state index contributed by atoms with van der Waals surface area (Å²) in [6.45, 7) is 10.6. The molecule has 3 saturated carbocycles. The SMILES string of the molecule is Cc1cccc(C)c1-c1nc2nc(c1C)OC[C@@H](CC1(C(F)(F)F)CC1)N([C@H]1CC3(C[C@H](NC(=O)OC(C)(C)C)C3)C1)C(=O)c1cccc(c1)S(=O)(=O)N2. The molecule has 3 aromatic rings. The Labute approximate surface area is 313 Å². The minimum absolute atomic E-state index is 0.000644. The molecule has 1 atom stereocenters. The first-order chi connectivity index (χ1) is 25.2. The lowest BCUT2D eigenvalue weighted by atomic mass is 9.51. The van der Waals surface area contributed by atoms with Gasteiger partial charge in [0, 0.05) is 28.8 Å². The first kappa shape index (κ1) is 37.9. The third kappa shape index (κ3) is 7.23. The van der Waals surface area contributed by atoms with E-state index in [4.69, 9.17) is 9.47 Å². The number of nitrogens with zero attached hydrogens (tertiary/aromatic N) is 3. The van der Waals surface area contributed by atoms with E-state index < -0.39 is 51.3 Å². The molecule has 2 amide bonds. The summed E-state index contributed by atoms with van der Waals surface area (Å²) in [4.78, 5) is 37.4. The van der Waals surface area contributed by atoms with Crippen LogP contribution in [0.2, 0.25) is 0 Å². The second kappa shape index (κ2) is 13.1. The van der Waals surface area contributed by atoms with Crippen LogP contribution in [0, 0.1) is 31.6 Å². The number of rotatable bonds is 5. The van der Waals surface area contributed by atoms with E-state index in [2.05, 4.69) is 20.0 Å². The summed E-state index contributed by atoms with van der Waals surface area (Å²) in [6.07, 6.45) is -3.22. The van der Waals surface area contributed by atoms with Crippen LogP contribution in [-0.2, 0) is 14.8 Å². The third-order valence-electron chi connectivity index (χ3n) is 11.4. The molecule has 1 spiro atoms. The second-order valence-electron chi connectivity index (χ2n) is 16.7. The number of halogens is 3. The number of carbonyl (C=O) groups is 2. The molecule has 0 radical (unpaired) electrons. The topological polar surface area (TPSA) is 140 Å². The van der Waals surface area contributed by atoms with Crippen molar-refractivity contribution in [2.75, 3.05) is 11.3 Å². The van der Waals surface area contributed by atoms with E-state index in [9.17, 15) is 31.2 Å². The molecule has 4 bridgehead atoms. The highest BCUT2D eigenvalue weighted by atomic mass is 32.2. The van der Waals surface area contributed by atoms with Gasteiger partial charge in [-0.1, -0.05) is 24.3 Å². The number of amides is 2. The van der Waals surface area contributed by atoms with Crippen LogP contribution in [0.3, 0.4) is 0 Å². The fourth-order valence-corrected chi connectivity index (χ4v) is 9.51. The summed E-state index contributed by atoms with van der Waals surface area (Å²) in [5, 5.41) is 2.90. The van der Waals surface area contributed by atoms with Crippen LogP contribution in [0.4, 0.5) is 23.9 Å². The Hall–Kier alpha value is -4.40. The maximum atomic E-state index is 14.6. The van der Waals surface area contributed by atoms with E-state index >= 15 is 0 Å². The highest BCUT2D eigenvalue weighted by molar-refractivity contribution is 7.92. The standard InChI is InChI=1S/C39H46F3N5O6S/c1-22-9-7-10-23(2)30(22)31-24(3)32-45-34(44-31)46-54(50,51)29-12-8-11-25(15-29)33(48)47(28(21-52-32)20-38(13-14-38)39(40,41)42)27-18-37(19-27)16-26(17-37)43-35(49)53-36(4,5)6/h7-12,15,26-28H,13-14,16-21H2,1-6H3,(H,43,49)(H,44,45,46)/t26-,27-,28-,37?/m1/s1. The molecule has 3 aliphatic carbocycles. The zero-order chi connectivity index (χ0) is 39.0. The van der Waals surface area contributed by atoms with E-state index in [1.54, 1.807) is 27.7 Å². The van der Waals surface area contributed by atoms with Crippen LogP contribution >= 0.6 is 0 Å². The van der Waals surface area contributed by atoms with Gasteiger partial charge in [-0.3, -0.25) is 4.79 Å². The molecule has 1 aromatic heterocycles. The van der Waals surface area contributed by atoms with Crippen LogP contribution in [0.15, 0.2) is 47.4 Å². The van der Waals surface area contributed by atoms with Crippen molar-refractivity contribution < 1.29 is 40.7 Å². The summed E-state index contributed by atoms with van der Waals surface area (Å²) in [5.41, 5.74) is 0.568. The van der Waals surface area contributed by atoms with E-state index in [0.29, 0.717) is 36.9 Å². The molecule has 54 heavy (non-hydrogen) atoms. The molecule has 2 N–H and O–H groups in total. The fourth-order valence-electron chi connectivity index (χ4n) is 8.52. The van der Waals surface area contributed by atoms with Gasteiger partial charge in [0.2, 0.25) is 11.8 Å². The molecule has 2 heterocycles. The maximum absolute atomic E-state index is 14.6. The number of hydrogen-bond acceptors (Lipinski definition) is 8. The number of aromatic nitrogens is 2. The number of anilines is 1. The quantitative estimate of drug-likeness (QED) is 0.270. The molecular weight excluding hydrogens is 724 g/mol. The van der Waals surface area contributed by atoms with Crippen LogP contribution < -0.4 is 14.8 Å². The van der Waals surface area contributed by atoms with Gasteiger partial charge in [0.25, 0.3) is 15.9 Å². The van der Waals surface area contributed by atoms with Crippen LogP contribution in [0.25, 0.3) is 11.3 Å². The van der Waals surface area contributed by atoms with Crippen LogP contribution in [0.1, 0.15) is 92.8 Å². The van der Waals surface area contributed by atoms with Gasteiger partial charge in [0.1, 0.15) is 12.2 Å². The van der Waals surface area contributed by atoms with E-state index in [0.717, 1.165) is 16.7 Å². The Bertz CT molecular complexity index is 2080. The highest BCUT2D eigenvalue weighted by Crippen LogP contribution is 2.62. The van der Waals surface area contributed by atoms with Crippen molar-refractivity contribution in [3.63, 3.8) is 0 Å². The minimum Gasteiger partial charge on any atom is -0.475 e. The molecule has 1 aliphatic heterocycles. The monoisotopic (exact) mass is 769 g/mol. The Morgan fingerprint density at radius 3 is 2.28 bits per heavy atom. The van der Waals surface area contributed by atoms with Gasteiger partial charge in [-0.2, -0.15) is 18.2 Å². The Morgan fingerprint density at radius 1 is 1.02 bits per heavy atom. The normalized spacial score (nSPS) is 25.8. The molecule has 4 aliphatic rings. The first-order valence-corrected chi connectivity index (χ1v) is 19.8. The number of fused-ring (bicyclic) bond motifs is 4. The van der Waals surface area contributed by atoms with Gasteiger partial charge >= 0.3 is 12.3 Å². The molecule has 0 unspecified atom stereocenters. The van der Waals surface area contributed by atoms with Gasteiger partial charge in [0.05, 0.1) is 22.0 Å². The number of alkyl halides is 3. The van der Waals surface area contributed by atoms with Gasteiger partial charge in [0.15, 0.2) is 0 Å². The van der Waals surface area contributed by atoms with E-state index in [1.165, 1.54) is 29.2 Å². The minimum atomic E-state index is -4.50. The van der Waals surface area contributed by atoms with Crippen molar-refractivity contribution in [3.8, 4) is 17.1 Å². The molecular formula is C39H46F3N5O6S. The zero-order valence-electron chi connectivity index (χ0n) is 31.3. The average molecular weight is 770 g/mol. The lowest BCUT2D eigenvalue weighted by Gasteiger charge is -2.60. The van der Waals surface area contributed by atoms with Crippen LogP contribution in [0.5, 0.6) is 5.88 Å². The smallest absolute Gasteiger partial charge is 0.407 e. The Kier molecular flexibility index (Phi) is 9.21. The summed E-state index contributed by atoms with van der Waals surface area (Å²) < 4.78 is 85.7. The summed E-state index contributed by atoms with van der Waals surface area (Å²) in [5.74, 6) is -0.848. The number of hydrogen-bond donors (Lipinski definition) is 2. The summed E-state index contributed by atoms with van der Waals surface area (Å²) >= 11 is 0. The molecule has 7 rings (SSSR count). The van der Waals surface area contributed by atoms with Crippen molar-refractivity contribution in [2.24, 2.45) is 10.8 Å². The Morgan fingerprint density at radius 2 is 1.67 bits per heavy atom. The molecule has 3 fully saturated rings. The highest BCUT2D eigenvalue weighted by Gasteiger charge is 2.65. The zero-order valence-corrected chi connectivity index (χ0v) is 32.1.